The van der Waals surface area contributed by atoms with E-state index in [9.17, 15) is 9.18 Å². The van der Waals surface area contributed by atoms with Crippen LogP contribution >= 0.6 is 27.5 Å². The lowest BCUT2D eigenvalue weighted by Gasteiger charge is -2.06. The molecule has 0 aliphatic heterocycles. The zero-order valence-corrected chi connectivity index (χ0v) is 10.4. The van der Waals surface area contributed by atoms with Crippen molar-refractivity contribution >= 4 is 33.4 Å². The van der Waals surface area contributed by atoms with Crippen LogP contribution in [0.15, 0.2) is 22.7 Å². The van der Waals surface area contributed by atoms with Gasteiger partial charge in [-0.05, 0) is 41.1 Å². The topological polar surface area (TPSA) is 29.1 Å². The second kappa shape index (κ2) is 5.47. The van der Waals surface area contributed by atoms with Gasteiger partial charge in [-0.25, -0.2) is 4.39 Å². The summed E-state index contributed by atoms with van der Waals surface area (Å²) < 4.78 is 13.4. The van der Waals surface area contributed by atoms with Crippen molar-refractivity contribution in [1.82, 2.24) is 5.32 Å². The molecule has 1 amide bonds. The zero-order valence-electron chi connectivity index (χ0n) is 8.06. The predicted molar refractivity (Wildman–Crippen MR) is 61.7 cm³/mol. The molecule has 0 aliphatic carbocycles. The smallest absolute Gasteiger partial charge is 0.251 e. The number of carbonyl (C=O) groups excluding carboxylic acids is 1. The van der Waals surface area contributed by atoms with E-state index in [1.807, 2.05) is 0 Å². The normalized spacial score (nSPS) is 12.3. The lowest BCUT2D eigenvalue weighted by atomic mass is 10.2. The number of alkyl halides is 1. The number of carbonyl (C=O) groups is 1. The van der Waals surface area contributed by atoms with Crippen molar-refractivity contribution in [3.8, 4) is 0 Å². The lowest BCUT2D eigenvalue weighted by molar-refractivity contribution is 0.0953. The van der Waals surface area contributed by atoms with Crippen molar-refractivity contribution in [2.75, 3.05) is 6.54 Å². The molecule has 0 aliphatic rings. The van der Waals surface area contributed by atoms with Crippen LogP contribution in [0.25, 0.3) is 0 Å². The Morgan fingerprint density at radius 1 is 1.67 bits per heavy atom. The van der Waals surface area contributed by atoms with Crippen molar-refractivity contribution in [3.05, 3.63) is 34.1 Å². The number of rotatable bonds is 3. The fourth-order valence-corrected chi connectivity index (χ4v) is 1.30. The van der Waals surface area contributed by atoms with Gasteiger partial charge in [-0.1, -0.05) is 0 Å². The van der Waals surface area contributed by atoms with E-state index >= 15 is 0 Å². The lowest BCUT2D eigenvalue weighted by Crippen LogP contribution is -2.28. The van der Waals surface area contributed by atoms with Crippen LogP contribution in [-0.4, -0.2) is 17.8 Å². The van der Waals surface area contributed by atoms with Crippen LogP contribution in [0, 0.1) is 5.82 Å². The first-order valence-electron chi connectivity index (χ1n) is 4.38. The third-order valence-electron chi connectivity index (χ3n) is 1.73. The van der Waals surface area contributed by atoms with Gasteiger partial charge < -0.3 is 5.32 Å². The highest BCUT2D eigenvalue weighted by molar-refractivity contribution is 9.10. The fourth-order valence-electron chi connectivity index (χ4n) is 0.973. The van der Waals surface area contributed by atoms with Crippen molar-refractivity contribution in [2.45, 2.75) is 12.3 Å². The van der Waals surface area contributed by atoms with Gasteiger partial charge in [0.25, 0.3) is 5.91 Å². The summed E-state index contributed by atoms with van der Waals surface area (Å²) in [5.41, 5.74) is 0.285. The Kier molecular flexibility index (Phi) is 4.54. The van der Waals surface area contributed by atoms with Crippen molar-refractivity contribution < 1.29 is 9.18 Å². The van der Waals surface area contributed by atoms with Crippen LogP contribution < -0.4 is 5.32 Å². The molecule has 1 N–H and O–H groups in total. The van der Waals surface area contributed by atoms with Gasteiger partial charge >= 0.3 is 0 Å². The van der Waals surface area contributed by atoms with E-state index in [2.05, 4.69) is 21.2 Å². The summed E-state index contributed by atoms with van der Waals surface area (Å²) in [5.74, 6) is -0.782. The predicted octanol–water partition coefficient (Wildman–Crippen LogP) is 2.95. The van der Waals surface area contributed by atoms with Gasteiger partial charge in [-0.15, -0.1) is 11.6 Å². The SMILES string of the molecule is CC(Cl)CNC(=O)c1ccc(Br)c(F)c1. The van der Waals surface area contributed by atoms with E-state index < -0.39 is 5.82 Å². The molecule has 0 fully saturated rings. The number of benzene rings is 1. The van der Waals surface area contributed by atoms with Crippen molar-refractivity contribution in [3.63, 3.8) is 0 Å². The molecule has 82 valence electrons. The number of amides is 1. The molecule has 5 heteroatoms. The monoisotopic (exact) mass is 293 g/mol. The third-order valence-corrected chi connectivity index (χ3v) is 2.52. The average molecular weight is 295 g/mol. The molecule has 2 nitrogen and oxygen atoms in total. The minimum Gasteiger partial charge on any atom is -0.351 e. The molecule has 1 rings (SSSR count). The van der Waals surface area contributed by atoms with E-state index in [1.165, 1.54) is 12.1 Å². The highest BCUT2D eigenvalue weighted by Crippen LogP contribution is 2.16. The molecular weight excluding hydrogens is 284 g/mol. The van der Waals surface area contributed by atoms with E-state index in [4.69, 9.17) is 11.6 Å². The number of halogens is 3. The number of hydrogen-bond donors (Lipinski definition) is 1. The Hall–Kier alpha value is -0.610. The van der Waals surface area contributed by atoms with Crippen molar-refractivity contribution in [1.29, 1.82) is 0 Å². The van der Waals surface area contributed by atoms with Crippen molar-refractivity contribution in [2.24, 2.45) is 0 Å². The largest absolute Gasteiger partial charge is 0.351 e. The van der Waals surface area contributed by atoms with Gasteiger partial charge in [-0.3, -0.25) is 4.79 Å². The molecule has 0 radical (unpaired) electrons. The first-order chi connectivity index (χ1) is 7.00. The van der Waals surface area contributed by atoms with E-state index in [-0.39, 0.29) is 16.8 Å². The minimum atomic E-state index is -0.457. The van der Waals surface area contributed by atoms with Crippen LogP contribution in [0.1, 0.15) is 17.3 Å². The molecule has 1 atom stereocenters. The highest BCUT2D eigenvalue weighted by atomic mass is 79.9. The molecule has 1 aromatic rings. The van der Waals surface area contributed by atoms with E-state index in [0.717, 1.165) is 0 Å². The summed E-state index contributed by atoms with van der Waals surface area (Å²) in [6.07, 6.45) is 0. The second-order valence-corrected chi connectivity index (χ2v) is 4.72. The van der Waals surface area contributed by atoms with Crippen LogP contribution in [0.3, 0.4) is 0 Å². The van der Waals surface area contributed by atoms with Crippen LogP contribution in [0.2, 0.25) is 0 Å². The van der Waals surface area contributed by atoms with Gasteiger partial charge in [0.15, 0.2) is 0 Å². The van der Waals surface area contributed by atoms with E-state index in [1.54, 1.807) is 13.0 Å². The number of hydrogen-bond acceptors (Lipinski definition) is 1. The standard InChI is InChI=1S/C10H10BrClFNO/c1-6(12)5-14-10(15)7-2-3-8(11)9(13)4-7/h2-4,6H,5H2,1H3,(H,14,15). The number of nitrogens with one attached hydrogen (secondary N) is 1. The zero-order chi connectivity index (χ0) is 11.4. The summed E-state index contributed by atoms with van der Waals surface area (Å²) in [6.45, 7) is 2.13. The first-order valence-corrected chi connectivity index (χ1v) is 5.61. The Morgan fingerprint density at radius 2 is 2.33 bits per heavy atom. The second-order valence-electron chi connectivity index (χ2n) is 3.12. The Labute approximate surface area is 101 Å². The van der Waals surface area contributed by atoms with Crippen LogP contribution in [0.5, 0.6) is 0 Å². The molecular formula is C10H10BrClFNO. The van der Waals surface area contributed by atoms with Crippen LogP contribution in [0.4, 0.5) is 4.39 Å². The summed E-state index contributed by atoms with van der Waals surface area (Å²) in [5, 5.41) is 2.45. The molecule has 1 unspecified atom stereocenters. The summed E-state index contributed by atoms with van der Waals surface area (Å²) in [7, 11) is 0. The molecule has 0 bridgehead atoms. The van der Waals surface area contributed by atoms with Gasteiger partial charge in [0.1, 0.15) is 5.82 Å². The first kappa shape index (κ1) is 12.5. The Balaban J connectivity index is 2.70. The third kappa shape index (κ3) is 3.80. The molecule has 0 aromatic heterocycles. The minimum absolute atomic E-state index is 0.144. The maximum absolute atomic E-state index is 13.1. The molecule has 0 heterocycles. The summed E-state index contributed by atoms with van der Waals surface area (Å²) in [4.78, 5) is 11.5. The molecule has 0 saturated carbocycles. The van der Waals surface area contributed by atoms with Gasteiger partial charge in [-0.2, -0.15) is 0 Å². The Bertz CT molecular complexity index is 370. The van der Waals surface area contributed by atoms with Crippen LogP contribution in [-0.2, 0) is 0 Å². The summed E-state index contributed by atoms with van der Waals surface area (Å²) >= 11 is 8.68. The fraction of sp³-hybridized carbons (Fsp3) is 0.300. The van der Waals surface area contributed by atoms with Gasteiger partial charge in [0.2, 0.25) is 0 Å². The van der Waals surface area contributed by atoms with Gasteiger partial charge in [0.05, 0.1) is 4.47 Å². The Morgan fingerprint density at radius 3 is 2.87 bits per heavy atom. The maximum Gasteiger partial charge on any atom is 0.251 e. The van der Waals surface area contributed by atoms with Gasteiger partial charge in [0, 0.05) is 17.5 Å². The molecule has 1 aromatic carbocycles. The molecule has 15 heavy (non-hydrogen) atoms. The summed E-state index contributed by atoms with van der Waals surface area (Å²) in [6, 6.07) is 4.22. The van der Waals surface area contributed by atoms with E-state index in [0.29, 0.717) is 11.0 Å². The highest BCUT2D eigenvalue weighted by Gasteiger charge is 2.08. The average Bonchev–Trinajstić information content (AvgIpc) is 2.18. The molecule has 0 saturated heterocycles. The maximum atomic E-state index is 13.1. The quantitative estimate of drug-likeness (QED) is 0.853. The molecule has 0 spiro atoms.